The lowest BCUT2D eigenvalue weighted by molar-refractivity contribution is 0.0986. The van der Waals surface area contributed by atoms with Crippen molar-refractivity contribution in [3.63, 3.8) is 0 Å². The second-order valence-corrected chi connectivity index (χ2v) is 9.73. The van der Waals surface area contributed by atoms with Crippen LogP contribution in [0.25, 0.3) is 22.4 Å². The van der Waals surface area contributed by atoms with Gasteiger partial charge in [-0.05, 0) is 47.5 Å². The molecule has 4 aromatic carbocycles. The van der Waals surface area contributed by atoms with Gasteiger partial charge < -0.3 is 10.2 Å². The number of hydrogen-bond donors (Lipinski definition) is 1. The molecule has 6 heteroatoms. The summed E-state index contributed by atoms with van der Waals surface area (Å²) in [5.41, 5.74) is 8.32. The van der Waals surface area contributed by atoms with Crippen LogP contribution < -0.4 is 10.2 Å². The van der Waals surface area contributed by atoms with Crippen LogP contribution in [0.5, 0.6) is 0 Å². The monoisotopic (exact) mass is 501 g/mol. The number of thiazole rings is 1. The topological polar surface area (TPSA) is 62.3 Å². The molecule has 1 aliphatic heterocycles. The molecule has 1 N–H and O–H groups in total. The number of fused-ring (bicyclic) bond motifs is 3. The molecule has 6 rings (SSSR count). The molecule has 5 aromatic rings. The number of para-hydroxylation sites is 1. The maximum absolute atomic E-state index is 13.6. The Morgan fingerprint density at radius 3 is 2.30 bits per heavy atom. The van der Waals surface area contributed by atoms with Crippen LogP contribution in [-0.4, -0.2) is 23.3 Å². The van der Waals surface area contributed by atoms with E-state index in [9.17, 15) is 9.59 Å². The van der Waals surface area contributed by atoms with Crippen LogP contribution >= 0.6 is 11.3 Å². The van der Waals surface area contributed by atoms with E-state index in [0.29, 0.717) is 23.4 Å². The van der Waals surface area contributed by atoms with E-state index in [0.717, 1.165) is 34.5 Å². The molecule has 2 heterocycles. The van der Waals surface area contributed by atoms with Crippen molar-refractivity contribution in [2.75, 3.05) is 16.8 Å². The number of aromatic nitrogens is 1. The van der Waals surface area contributed by atoms with E-state index < -0.39 is 0 Å². The molecule has 0 fully saturated rings. The fourth-order valence-electron chi connectivity index (χ4n) is 4.72. The smallest absolute Gasteiger partial charge is 0.258 e. The van der Waals surface area contributed by atoms with Crippen molar-refractivity contribution >= 4 is 34.5 Å². The molecular formula is C31H23N3O2S. The van der Waals surface area contributed by atoms with Gasteiger partial charge in [0.25, 0.3) is 11.8 Å². The van der Waals surface area contributed by atoms with Gasteiger partial charge in [-0.2, -0.15) is 0 Å². The lowest BCUT2D eigenvalue weighted by atomic mass is 9.99. The SMILES string of the molecule is O=C(Nc1ccc(C(=O)N2CCc3scnc3-c3ccccc32)cc1)c1ccccc1-c1ccccc1. The highest BCUT2D eigenvalue weighted by atomic mass is 32.1. The molecule has 0 aliphatic carbocycles. The molecule has 1 aliphatic rings. The minimum atomic E-state index is -0.196. The standard InChI is InChI=1S/C31H23N3O2S/c35-30(25-11-5-4-10-24(25)21-8-2-1-3-9-21)33-23-16-14-22(15-17-23)31(36)34-19-18-28-29(32-20-37-28)26-12-6-7-13-27(26)34/h1-17,20H,18-19H2,(H,33,35). The summed E-state index contributed by atoms with van der Waals surface area (Å²) < 4.78 is 0. The molecular weight excluding hydrogens is 478 g/mol. The first-order valence-electron chi connectivity index (χ1n) is 12.1. The average Bonchev–Trinajstić information content (AvgIpc) is 3.36. The van der Waals surface area contributed by atoms with Crippen LogP contribution in [-0.2, 0) is 6.42 Å². The van der Waals surface area contributed by atoms with Gasteiger partial charge in [-0.15, -0.1) is 11.3 Å². The molecule has 0 saturated carbocycles. The van der Waals surface area contributed by atoms with Crippen molar-refractivity contribution in [2.24, 2.45) is 0 Å². The third-order valence-corrected chi connectivity index (χ3v) is 7.44. The van der Waals surface area contributed by atoms with E-state index in [1.807, 2.05) is 89.3 Å². The van der Waals surface area contributed by atoms with E-state index in [-0.39, 0.29) is 11.8 Å². The first kappa shape index (κ1) is 22.9. The summed E-state index contributed by atoms with van der Waals surface area (Å²) in [4.78, 5) is 34.3. The Balaban J connectivity index is 1.23. The highest BCUT2D eigenvalue weighted by molar-refractivity contribution is 7.10. The quantitative estimate of drug-likeness (QED) is 0.290. The summed E-state index contributed by atoms with van der Waals surface area (Å²) in [6, 6.07) is 32.4. The Morgan fingerprint density at radius 2 is 1.49 bits per heavy atom. The minimum Gasteiger partial charge on any atom is -0.322 e. The molecule has 0 radical (unpaired) electrons. The van der Waals surface area contributed by atoms with Crippen LogP contribution in [0.15, 0.2) is 109 Å². The van der Waals surface area contributed by atoms with Crippen LogP contribution in [0.3, 0.4) is 0 Å². The van der Waals surface area contributed by atoms with Crippen LogP contribution in [0.2, 0.25) is 0 Å². The van der Waals surface area contributed by atoms with Crippen molar-refractivity contribution in [1.82, 2.24) is 4.98 Å². The van der Waals surface area contributed by atoms with Crippen molar-refractivity contribution in [2.45, 2.75) is 6.42 Å². The molecule has 5 nitrogen and oxygen atoms in total. The zero-order chi connectivity index (χ0) is 25.2. The molecule has 0 atom stereocenters. The number of carbonyl (C=O) groups is 2. The fourth-order valence-corrected chi connectivity index (χ4v) is 5.49. The number of benzene rings is 4. The second kappa shape index (κ2) is 9.84. The Bertz CT molecular complexity index is 1590. The van der Waals surface area contributed by atoms with Gasteiger partial charge in [-0.25, -0.2) is 4.98 Å². The molecule has 0 spiro atoms. The summed E-state index contributed by atoms with van der Waals surface area (Å²) in [5, 5.41) is 2.98. The minimum absolute atomic E-state index is 0.0742. The predicted molar refractivity (Wildman–Crippen MR) is 149 cm³/mol. The zero-order valence-corrected chi connectivity index (χ0v) is 20.7. The highest BCUT2D eigenvalue weighted by Gasteiger charge is 2.26. The van der Waals surface area contributed by atoms with E-state index in [1.165, 1.54) is 4.88 Å². The van der Waals surface area contributed by atoms with Gasteiger partial charge in [0.05, 0.1) is 16.9 Å². The summed E-state index contributed by atoms with van der Waals surface area (Å²) in [6.45, 7) is 0.583. The zero-order valence-electron chi connectivity index (χ0n) is 19.9. The van der Waals surface area contributed by atoms with Gasteiger partial charge in [0.15, 0.2) is 0 Å². The van der Waals surface area contributed by atoms with Crippen LogP contribution in [0.1, 0.15) is 25.6 Å². The summed E-state index contributed by atoms with van der Waals surface area (Å²) in [7, 11) is 0. The summed E-state index contributed by atoms with van der Waals surface area (Å²) in [5.74, 6) is -0.270. The largest absolute Gasteiger partial charge is 0.322 e. The first-order chi connectivity index (χ1) is 18.2. The molecule has 0 bridgehead atoms. The Labute approximate surface area is 219 Å². The molecule has 1 aromatic heterocycles. The van der Waals surface area contributed by atoms with Crippen molar-refractivity contribution in [3.05, 3.63) is 125 Å². The number of nitrogens with zero attached hydrogens (tertiary/aromatic N) is 2. The molecule has 0 unspecified atom stereocenters. The van der Waals surface area contributed by atoms with Gasteiger partial charge in [0.1, 0.15) is 0 Å². The van der Waals surface area contributed by atoms with E-state index in [1.54, 1.807) is 35.6 Å². The first-order valence-corrected chi connectivity index (χ1v) is 13.0. The molecule has 2 amide bonds. The van der Waals surface area contributed by atoms with Crippen molar-refractivity contribution in [3.8, 4) is 22.4 Å². The summed E-state index contributed by atoms with van der Waals surface area (Å²) >= 11 is 1.63. The van der Waals surface area contributed by atoms with Crippen LogP contribution in [0, 0.1) is 0 Å². The predicted octanol–water partition coefficient (Wildman–Crippen LogP) is 6.93. The number of rotatable bonds is 4. The maximum Gasteiger partial charge on any atom is 0.258 e. The van der Waals surface area contributed by atoms with E-state index in [4.69, 9.17) is 0 Å². The van der Waals surface area contributed by atoms with Gasteiger partial charge in [-0.1, -0.05) is 66.7 Å². The number of hydrogen-bond acceptors (Lipinski definition) is 4. The van der Waals surface area contributed by atoms with Crippen LogP contribution in [0.4, 0.5) is 11.4 Å². The van der Waals surface area contributed by atoms with Gasteiger partial charge in [0.2, 0.25) is 0 Å². The normalized spacial score (nSPS) is 12.3. The molecule has 37 heavy (non-hydrogen) atoms. The lowest BCUT2D eigenvalue weighted by Crippen LogP contribution is -2.32. The Morgan fingerprint density at radius 1 is 0.784 bits per heavy atom. The van der Waals surface area contributed by atoms with Crippen molar-refractivity contribution in [1.29, 1.82) is 0 Å². The Kier molecular flexibility index (Phi) is 6.08. The average molecular weight is 502 g/mol. The number of amides is 2. The fraction of sp³-hybridized carbons (Fsp3) is 0.0645. The van der Waals surface area contributed by atoms with Gasteiger partial charge >= 0.3 is 0 Å². The van der Waals surface area contributed by atoms with Gasteiger partial charge in [-0.3, -0.25) is 9.59 Å². The Hall–Kier alpha value is -4.55. The number of anilines is 2. The second-order valence-electron chi connectivity index (χ2n) is 8.79. The molecule has 180 valence electrons. The highest BCUT2D eigenvalue weighted by Crippen LogP contribution is 2.37. The van der Waals surface area contributed by atoms with Crippen molar-refractivity contribution < 1.29 is 9.59 Å². The third kappa shape index (κ3) is 4.43. The molecule has 0 saturated heterocycles. The summed E-state index contributed by atoms with van der Waals surface area (Å²) in [6.07, 6.45) is 0.759. The number of carbonyl (C=O) groups excluding carboxylic acids is 2. The van der Waals surface area contributed by atoms with Gasteiger partial charge in [0, 0.05) is 40.2 Å². The third-order valence-electron chi connectivity index (χ3n) is 6.54. The van der Waals surface area contributed by atoms with E-state index >= 15 is 0 Å². The maximum atomic E-state index is 13.6. The lowest BCUT2D eigenvalue weighted by Gasteiger charge is -2.23. The number of nitrogens with one attached hydrogen (secondary N) is 1. The van der Waals surface area contributed by atoms with E-state index in [2.05, 4.69) is 10.3 Å².